The molecule has 4 atom stereocenters. The van der Waals surface area contributed by atoms with Gasteiger partial charge in [0.25, 0.3) is 5.91 Å². The van der Waals surface area contributed by atoms with Crippen molar-refractivity contribution < 1.29 is 33.0 Å². The predicted octanol–water partition coefficient (Wildman–Crippen LogP) is 5.47. The number of aliphatic hydroxyl groups is 1. The minimum Gasteiger partial charge on any atom is -0.481 e. The summed E-state index contributed by atoms with van der Waals surface area (Å²) in [6.45, 7) is 7.22. The largest absolute Gasteiger partial charge is 0.481 e. The van der Waals surface area contributed by atoms with Crippen LogP contribution in [0.5, 0.6) is 0 Å². The molecule has 3 aliphatic rings. The topological polar surface area (TPSA) is 121 Å². The van der Waals surface area contributed by atoms with Gasteiger partial charge in [0.2, 0.25) is 0 Å². The zero-order valence-corrected chi connectivity index (χ0v) is 24.2. The molecule has 0 saturated heterocycles. The highest BCUT2D eigenvalue weighted by Crippen LogP contribution is 2.67. The number of aliphatic carboxylic acids is 1. The highest BCUT2D eigenvalue weighted by atomic mass is 35.5. The van der Waals surface area contributed by atoms with Gasteiger partial charge in [-0.05, 0) is 69.6 Å². The summed E-state index contributed by atoms with van der Waals surface area (Å²) < 4.78 is 44.5. The number of halogens is 4. The first kappa shape index (κ1) is 29.8. The summed E-state index contributed by atoms with van der Waals surface area (Å²) in [6, 6.07) is -1.06. The van der Waals surface area contributed by atoms with Crippen molar-refractivity contribution in [1.29, 1.82) is 0 Å². The Balaban J connectivity index is 1.47. The maximum Gasteiger partial charge on any atom is 0.433 e. The van der Waals surface area contributed by atoms with E-state index in [1.807, 2.05) is 0 Å². The van der Waals surface area contributed by atoms with Crippen LogP contribution in [0.4, 0.5) is 13.2 Å². The molecule has 0 radical (unpaired) electrons. The number of alkyl halides is 3. The first-order valence-electron chi connectivity index (χ1n) is 13.9. The Labute approximate surface area is 241 Å². The van der Waals surface area contributed by atoms with Crippen LogP contribution in [-0.4, -0.2) is 59.3 Å². The summed E-state index contributed by atoms with van der Waals surface area (Å²) >= 11 is 6.23. The Morgan fingerprint density at radius 1 is 1.17 bits per heavy atom. The second-order valence-electron chi connectivity index (χ2n) is 12.7. The van der Waals surface area contributed by atoms with E-state index >= 15 is 0 Å². The Morgan fingerprint density at radius 2 is 1.78 bits per heavy atom. The molecule has 224 valence electrons. The summed E-state index contributed by atoms with van der Waals surface area (Å²) in [4.78, 5) is 35.2. The van der Waals surface area contributed by atoms with Gasteiger partial charge >= 0.3 is 12.1 Å². The van der Waals surface area contributed by atoms with Gasteiger partial charge in [0.15, 0.2) is 5.69 Å². The van der Waals surface area contributed by atoms with Gasteiger partial charge < -0.3 is 15.1 Å². The van der Waals surface area contributed by atoms with Crippen molar-refractivity contribution in [2.24, 2.45) is 22.7 Å². The lowest BCUT2D eigenvalue weighted by atomic mass is 9.74. The lowest BCUT2D eigenvalue weighted by Gasteiger charge is -2.35. The van der Waals surface area contributed by atoms with E-state index in [0.29, 0.717) is 30.5 Å². The molecular weight excluding hydrogens is 563 g/mol. The molecule has 2 unspecified atom stereocenters. The molecule has 0 aromatic carbocycles. The van der Waals surface area contributed by atoms with Crippen LogP contribution in [-0.2, 0) is 11.0 Å². The first-order chi connectivity index (χ1) is 19.0. The molecule has 3 fully saturated rings. The second kappa shape index (κ2) is 10.2. The van der Waals surface area contributed by atoms with Crippen molar-refractivity contribution in [3.05, 3.63) is 40.2 Å². The third-order valence-electron chi connectivity index (χ3n) is 9.83. The minimum atomic E-state index is -4.88. The molecule has 13 heteroatoms. The molecule has 0 bridgehead atoms. The van der Waals surface area contributed by atoms with Gasteiger partial charge in [-0.2, -0.15) is 18.3 Å². The summed E-state index contributed by atoms with van der Waals surface area (Å²) in [5.41, 5.74) is -2.52. The van der Waals surface area contributed by atoms with Gasteiger partial charge in [-0.1, -0.05) is 25.4 Å². The van der Waals surface area contributed by atoms with Crippen LogP contribution < -0.4 is 0 Å². The Bertz CT molecular complexity index is 1340. The quantitative estimate of drug-likeness (QED) is 0.434. The summed E-state index contributed by atoms with van der Waals surface area (Å²) in [7, 11) is 0. The van der Waals surface area contributed by atoms with Crippen LogP contribution in [0.3, 0.4) is 0 Å². The maximum absolute atomic E-state index is 14.6. The summed E-state index contributed by atoms with van der Waals surface area (Å²) in [5.74, 6) is -0.785. The van der Waals surface area contributed by atoms with E-state index in [2.05, 4.69) is 28.9 Å². The average Bonchev–Trinajstić information content (AvgIpc) is 3.32. The molecule has 9 nitrogen and oxygen atoms in total. The first-order valence-corrected chi connectivity index (χ1v) is 14.3. The fourth-order valence-electron chi connectivity index (χ4n) is 7.04. The molecule has 1 amide bonds. The van der Waals surface area contributed by atoms with E-state index in [1.54, 1.807) is 13.8 Å². The van der Waals surface area contributed by atoms with Crippen molar-refractivity contribution in [3.8, 4) is 0 Å². The number of hydrogen-bond donors (Lipinski definition) is 2. The number of carboxylic acids is 1. The molecule has 2 aromatic heterocycles. The molecule has 0 spiro atoms. The number of aliphatic hydroxyl groups excluding tert-OH is 1. The van der Waals surface area contributed by atoms with Crippen molar-refractivity contribution >= 4 is 23.5 Å². The zero-order valence-electron chi connectivity index (χ0n) is 23.5. The molecule has 2 heterocycles. The number of fused-ring (bicyclic) bond motifs is 1. The fourth-order valence-corrected chi connectivity index (χ4v) is 7.26. The van der Waals surface area contributed by atoms with E-state index in [1.165, 1.54) is 11.1 Å². The summed E-state index contributed by atoms with van der Waals surface area (Å²) in [6.07, 6.45) is -1.90. The van der Waals surface area contributed by atoms with E-state index in [-0.39, 0.29) is 54.4 Å². The molecule has 41 heavy (non-hydrogen) atoms. The minimum absolute atomic E-state index is 0.0976. The number of carbonyl (C=O) groups excluding carboxylic acids is 1. The molecule has 2 N–H and O–H groups in total. The smallest absolute Gasteiger partial charge is 0.433 e. The van der Waals surface area contributed by atoms with E-state index in [4.69, 9.17) is 11.6 Å². The van der Waals surface area contributed by atoms with E-state index < -0.39 is 46.9 Å². The van der Waals surface area contributed by atoms with Crippen molar-refractivity contribution in [3.63, 3.8) is 0 Å². The maximum atomic E-state index is 14.6. The van der Waals surface area contributed by atoms with Crippen LogP contribution in [0.25, 0.3) is 0 Å². The fraction of sp³-hybridized carbons (Fsp3) is 0.679. The third-order valence-corrected chi connectivity index (χ3v) is 10.1. The Kier molecular flexibility index (Phi) is 7.41. The molecule has 2 aromatic rings. The number of carboxylic acid groups (broad SMARTS) is 1. The number of amides is 1. The van der Waals surface area contributed by atoms with E-state index in [0.717, 1.165) is 10.9 Å². The molecule has 3 saturated carbocycles. The number of rotatable bonds is 7. The number of aryl methyl sites for hydroxylation is 1. The predicted molar refractivity (Wildman–Crippen MR) is 142 cm³/mol. The van der Waals surface area contributed by atoms with Gasteiger partial charge in [0.1, 0.15) is 11.9 Å². The van der Waals surface area contributed by atoms with Crippen molar-refractivity contribution in [1.82, 2.24) is 24.6 Å². The van der Waals surface area contributed by atoms with Gasteiger partial charge in [-0.3, -0.25) is 14.3 Å². The molecule has 5 rings (SSSR count). The number of nitrogens with zero attached hydrogens (tertiary/aromatic N) is 5. The van der Waals surface area contributed by atoms with Crippen LogP contribution in [0.15, 0.2) is 12.4 Å². The van der Waals surface area contributed by atoms with Crippen LogP contribution in [0.1, 0.15) is 99.0 Å². The van der Waals surface area contributed by atoms with Crippen molar-refractivity contribution in [2.45, 2.75) is 90.6 Å². The monoisotopic (exact) mass is 597 g/mol. The Hall–Kier alpha value is -2.73. The van der Waals surface area contributed by atoms with E-state index in [9.17, 15) is 33.0 Å². The van der Waals surface area contributed by atoms with Crippen LogP contribution in [0, 0.1) is 29.6 Å². The second-order valence-corrected chi connectivity index (χ2v) is 13.1. The number of hydrogen-bond acceptors (Lipinski definition) is 6. The highest BCUT2D eigenvalue weighted by Gasteiger charge is 2.63. The SMILES string of the molecule is Cc1ncc(Cl)c(C(O)CN(C(=O)c2cnn(C3CCC(C)(C(=O)O)CC3)c2C(F)(F)F)C2C[C@@H]3[C@H](C2)C3(C)C)n1. The number of carbonyl (C=O) groups is 2. The Morgan fingerprint density at radius 3 is 2.34 bits per heavy atom. The summed E-state index contributed by atoms with van der Waals surface area (Å²) in [5, 5.41) is 24.8. The third kappa shape index (κ3) is 5.33. The highest BCUT2D eigenvalue weighted by molar-refractivity contribution is 6.31. The lowest BCUT2D eigenvalue weighted by Crippen LogP contribution is -2.43. The molecule has 0 aliphatic heterocycles. The van der Waals surface area contributed by atoms with Gasteiger partial charge in [0, 0.05) is 12.2 Å². The average molecular weight is 598 g/mol. The van der Waals surface area contributed by atoms with Crippen molar-refractivity contribution in [2.75, 3.05) is 6.54 Å². The molecular formula is C28H35ClF3N5O4. The normalized spacial score (nSPS) is 29.6. The van der Waals surface area contributed by atoms with Gasteiger partial charge in [-0.15, -0.1) is 0 Å². The standard InChI is InChI=1S/C28H35ClF3N5O4/c1-14-33-12-20(29)22(35-14)21(38)13-36(16-9-18-19(10-16)26(18,2)3)24(39)17-11-34-37(23(17)28(30,31)32)15-5-7-27(4,8-6-15)25(40)41/h11-12,15-16,18-19,21,38H,5-10,13H2,1-4H3,(H,40,41)/t15?,16?,18-,19+,21?,27?. The van der Waals surface area contributed by atoms with Gasteiger partial charge in [-0.25, -0.2) is 9.97 Å². The lowest BCUT2D eigenvalue weighted by molar-refractivity contribution is -0.152. The van der Waals surface area contributed by atoms with Crippen LogP contribution >= 0.6 is 11.6 Å². The van der Waals surface area contributed by atoms with Crippen LogP contribution in [0.2, 0.25) is 5.02 Å². The zero-order chi connectivity index (χ0) is 30.1. The molecule has 3 aliphatic carbocycles. The number of aromatic nitrogens is 4. The van der Waals surface area contributed by atoms with Gasteiger partial charge in [0.05, 0.1) is 40.5 Å².